The Bertz CT molecular complexity index is 1240. The van der Waals surface area contributed by atoms with Gasteiger partial charge in [-0.3, -0.25) is 4.79 Å². The first-order valence-electron chi connectivity index (χ1n) is 8.48. The number of benzene rings is 2. The van der Waals surface area contributed by atoms with Crippen molar-refractivity contribution >= 4 is 33.8 Å². The van der Waals surface area contributed by atoms with Crippen LogP contribution in [0.5, 0.6) is 0 Å². The van der Waals surface area contributed by atoms with Crippen molar-refractivity contribution in [1.82, 2.24) is 20.2 Å². The zero-order valence-corrected chi connectivity index (χ0v) is 14.8. The molecule has 8 heteroatoms. The van der Waals surface area contributed by atoms with Crippen LogP contribution < -0.4 is 10.5 Å². The zero-order chi connectivity index (χ0) is 19.1. The number of amides is 1. The normalized spacial score (nSPS) is 11.2. The van der Waals surface area contributed by atoms with Crippen LogP contribution in [-0.2, 0) is 0 Å². The molecule has 1 amide bonds. The number of anilines is 1. The van der Waals surface area contributed by atoms with Gasteiger partial charge in [-0.05, 0) is 37.6 Å². The summed E-state index contributed by atoms with van der Waals surface area (Å²) in [7, 11) is 0. The van der Waals surface area contributed by atoms with Crippen LogP contribution >= 0.6 is 0 Å². The van der Waals surface area contributed by atoms with E-state index < -0.39 is 6.09 Å². The quantitative estimate of drug-likeness (QED) is 0.517. The van der Waals surface area contributed by atoms with E-state index in [0.29, 0.717) is 22.1 Å². The van der Waals surface area contributed by atoms with Gasteiger partial charge in [0.2, 0.25) is 5.95 Å². The fourth-order valence-corrected chi connectivity index (χ4v) is 3.25. The Morgan fingerprint density at radius 3 is 2.67 bits per heavy atom. The van der Waals surface area contributed by atoms with Crippen molar-refractivity contribution in [2.24, 2.45) is 0 Å². The number of hydrogen-bond donors (Lipinski definition) is 3. The molecule has 0 aliphatic carbocycles. The number of aromatic nitrogens is 4. The molecule has 136 valence electrons. The van der Waals surface area contributed by atoms with Crippen molar-refractivity contribution in [2.75, 3.05) is 11.4 Å². The van der Waals surface area contributed by atoms with E-state index in [9.17, 15) is 14.7 Å². The largest absolute Gasteiger partial charge is 0.465 e. The average molecular weight is 363 g/mol. The molecule has 0 aliphatic rings. The number of aryl methyl sites for hydroxylation is 1. The molecule has 4 rings (SSSR count). The molecule has 0 spiro atoms. The molecular formula is C19H17N5O3. The minimum absolute atomic E-state index is 0.240. The average Bonchev–Trinajstić information content (AvgIpc) is 3.07. The Morgan fingerprint density at radius 1 is 1.22 bits per heavy atom. The lowest BCUT2D eigenvalue weighted by Crippen LogP contribution is -2.29. The Balaban J connectivity index is 1.93. The topological polar surface area (TPSA) is 115 Å². The molecule has 2 aromatic heterocycles. The van der Waals surface area contributed by atoms with Crippen molar-refractivity contribution in [1.29, 1.82) is 0 Å². The van der Waals surface area contributed by atoms with Gasteiger partial charge in [-0.2, -0.15) is 5.10 Å². The minimum atomic E-state index is -1.07. The van der Waals surface area contributed by atoms with Gasteiger partial charge in [0.25, 0.3) is 5.56 Å². The van der Waals surface area contributed by atoms with Gasteiger partial charge in [0.15, 0.2) is 0 Å². The number of imidazole rings is 1. The third kappa shape index (κ3) is 2.71. The Hall–Kier alpha value is -3.68. The second-order valence-electron chi connectivity index (χ2n) is 6.22. The monoisotopic (exact) mass is 363 g/mol. The highest BCUT2D eigenvalue weighted by atomic mass is 16.4. The first-order chi connectivity index (χ1) is 13.0. The number of H-pyrrole nitrogens is 2. The van der Waals surface area contributed by atoms with Gasteiger partial charge in [0.1, 0.15) is 0 Å². The van der Waals surface area contributed by atoms with Gasteiger partial charge in [0, 0.05) is 17.5 Å². The Labute approximate surface area is 153 Å². The van der Waals surface area contributed by atoms with E-state index in [1.807, 2.05) is 37.3 Å². The van der Waals surface area contributed by atoms with Crippen LogP contribution in [0.3, 0.4) is 0 Å². The summed E-state index contributed by atoms with van der Waals surface area (Å²) >= 11 is 0. The maximum atomic E-state index is 12.0. The van der Waals surface area contributed by atoms with E-state index >= 15 is 0 Å². The SMILES string of the molecule is CCN(C(=O)O)c1nc2c(C)cc(-c3n[nH]c(=O)c4ccccc34)cc2[nH]1. The first-order valence-corrected chi connectivity index (χ1v) is 8.48. The number of nitrogens with one attached hydrogen (secondary N) is 2. The lowest BCUT2D eigenvalue weighted by atomic mass is 10.0. The molecule has 2 heterocycles. The summed E-state index contributed by atoms with van der Waals surface area (Å²) in [6.45, 7) is 3.94. The molecule has 0 fully saturated rings. The van der Waals surface area contributed by atoms with Crippen molar-refractivity contribution in [2.45, 2.75) is 13.8 Å². The van der Waals surface area contributed by atoms with Gasteiger partial charge in [-0.15, -0.1) is 0 Å². The Morgan fingerprint density at radius 2 is 1.96 bits per heavy atom. The second-order valence-corrected chi connectivity index (χ2v) is 6.22. The maximum absolute atomic E-state index is 12.0. The number of carboxylic acid groups (broad SMARTS) is 1. The standard InChI is InChI=1S/C19H17N5O3/c1-3-24(19(26)27)18-20-14-9-11(8-10(2)15(14)21-18)16-12-6-4-5-7-13(12)17(25)23-22-16/h4-9H,3H2,1-2H3,(H,20,21)(H,23,25)(H,26,27). The Kier molecular flexibility index (Phi) is 3.88. The predicted octanol–water partition coefficient (Wildman–Crippen LogP) is 3.28. The highest BCUT2D eigenvalue weighted by Gasteiger charge is 2.18. The van der Waals surface area contributed by atoms with Gasteiger partial charge in [0.05, 0.1) is 22.1 Å². The van der Waals surface area contributed by atoms with E-state index in [0.717, 1.165) is 21.4 Å². The molecule has 0 saturated heterocycles. The van der Waals surface area contributed by atoms with Crippen LogP contribution in [0, 0.1) is 6.92 Å². The fraction of sp³-hybridized carbons (Fsp3) is 0.158. The molecule has 27 heavy (non-hydrogen) atoms. The van der Waals surface area contributed by atoms with Crippen LogP contribution in [0.4, 0.5) is 10.7 Å². The van der Waals surface area contributed by atoms with E-state index in [1.54, 1.807) is 13.0 Å². The molecule has 0 atom stereocenters. The predicted molar refractivity (Wildman–Crippen MR) is 103 cm³/mol. The summed E-state index contributed by atoms with van der Waals surface area (Å²) in [6.07, 6.45) is -1.07. The lowest BCUT2D eigenvalue weighted by molar-refractivity contribution is 0.202. The number of hydrogen-bond acceptors (Lipinski definition) is 4. The van der Waals surface area contributed by atoms with E-state index in [-0.39, 0.29) is 18.1 Å². The van der Waals surface area contributed by atoms with E-state index in [4.69, 9.17) is 0 Å². The van der Waals surface area contributed by atoms with Crippen LogP contribution in [0.15, 0.2) is 41.2 Å². The molecule has 0 aliphatic heterocycles. The summed E-state index contributed by atoms with van der Waals surface area (Å²) in [5.41, 5.74) is 3.50. The third-order valence-electron chi connectivity index (χ3n) is 4.54. The molecule has 0 bridgehead atoms. The fourth-order valence-electron chi connectivity index (χ4n) is 3.25. The number of rotatable bonds is 3. The van der Waals surface area contributed by atoms with Crippen LogP contribution in [0.2, 0.25) is 0 Å². The van der Waals surface area contributed by atoms with Crippen LogP contribution in [0.25, 0.3) is 33.1 Å². The zero-order valence-electron chi connectivity index (χ0n) is 14.8. The molecule has 0 unspecified atom stereocenters. The van der Waals surface area contributed by atoms with Gasteiger partial charge < -0.3 is 10.1 Å². The van der Waals surface area contributed by atoms with Gasteiger partial charge in [-0.25, -0.2) is 19.8 Å². The number of aromatic amines is 2. The smallest absolute Gasteiger partial charge is 0.414 e. The number of carbonyl (C=O) groups is 1. The first kappa shape index (κ1) is 16.8. The number of nitrogens with zero attached hydrogens (tertiary/aromatic N) is 3. The summed E-state index contributed by atoms with van der Waals surface area (Å²) in [4.78, 5) is 32.0. The highest BCUT2D eigenvalue weighted by Crippen LogP contribution is 2.30. The summed E-state index contributed by atoms with van der Waals surface area (Å²) in [5.74, 6) is 0.277. The molecule has 4 aromatic rings. The van der Waals surface area contributed by atoms with Crippen molar-refractivity contribution in [3.63, 3.8) is 0 Å². The highest BCUT2D eigenvalue weighted by molar-refractivity contribution is 5.97. The molecule has 0 radical (unpaired) electrons. The molecule has 8 nitrogen and oxygen atoms in total. The summed E-state index contributed by atoms with van der Waals surface area (Å²) in [6, 6.07) is 11.1. The van der Waals surface area contributed by atoms with Gasteiger partial charge >= 0.3 is 6.09 Å². The second kappa shape index (κ2) is 6.24. The third-order valence-corrected chi connectivity index (χ3v) is 4.54. The van der Waals surface area contributed by atoms with Crippen molar-refractivity contribution < 1.29 is 9.90 Å². The van der Waals surface area contributed by atoms with Crippen molar-refractivity contribution in [3.8, 4) is 11.3 Å². The summed E-state index contributed by atoms with van der Waals surface area (Å²) < 4.78 is 0. The van der Waals surface area contributed by atoms with E-state index in [2.05, 4.69) is 20.2 Å². The van der Waals surface area contributed by atoms with Crippen LogP contribution in [0.1, 0.15) is 12.5 Å². The van der Waals surface area contributed by atoms with Crippen molar-refractivity contribution in [3.05, 3.63) is 52.3 Å². The molecular weight excluding hydrogens is 346 g/mol. The molecule has 2 aromatic carbocycles. The molecule has 3 N–H and O–H groups in total. The maximum Gasteiger partial charge on any atom is 0.414 e. The lowest BCUT2D eigenvalue weighted by Gasteiger charge is -2.12. The minimum Gasteiger partial charge on any atom is -0.465 e. The molecule has 0 saturated carbocycles. The van der Waals surface area contributed by atoms with Gasteiger partial charge in [-0.1, -0.05) is 18.2 Å². The summed E-state index contributed by atoms with van der Waals surface area (Å²) in [5, 5.41) is 17.4. The number of fused-ring (bicyclic) bond motifs is 2. The van der Waals surface area contributed by atoms with Crippen LogP contribution in [-0.4, -0.2) is 37.9 Å². The van der Waals surface area contributed by atoms with E-state index in [1.165, 1.54) is 0 Å².